The minimum absolute atomic E-state index is 0.0886. The summed E-state index contributed by atoms with van der Waals surface area (Å²) in [6, 6.07) is 17.1. The fourth-order valence-corrected chi connectivity index (χ4v) is 3.64. The average molecular weight is 386 g/mol. The van der Waals surface area contributed by atoms with Crippen molar-refractivity contribution in [3.63, 3.8) is 0 Å². The Kier molecular flexibility index (Phi) is 8.06. The van der Waals surface area contributed by atoms with Crippen LogP contribution in [0.4, 0.5) is 11.4 Å². The summed E-state index contributed by atoms with van der Waals surface area (Å²) in [5, 5.41) is 14.3. The molecule has 0 saturated carbocycles. The van der Waals surface area contributed by atoms with Crippen LogP contribution in [0.15, 0.2) is 58.3 Å². The van der Waals surface area contributed by atoms with Crippen molar-refractivity contribution in [1.29, 1.82) is 5.26 Å². The highest BCUT2D eigenvalue weighted by atomic mass is 32.2. The second-order valence-electron chi connectivity index (χ2n) is 5.30. The Labute approximate surface area is 161 Å². The van der Waals surface area contributed by atoms with Crippen LogP contribution in [0.3, 0.4) is 0 Å². The summed E-state index contributed by atoms with van der Waals surface area (Å²) in [7, 11) is 0. The fourth-order valence-electron chi connectivity index (χ4n) is 2.08. The topological polar surface area (TPSA) is 82.0 Å². The number of carbonyl (C=O) groups is 2. The number of benzene rings is 2. The van der Waals surface area contributed by atoms with E-state index in [4.69, 9.17) is 5.26 Å². The van der Waals surface area contributed by atoms with Crippen molar-refractivity contribution in [3.05, 3.63) is 48.5 Å². The molecule has 0 aromatic heterocycles. The van der Waals surface area contributed by atoms with Gasteiger partial charge >= 0.3 is 0 Å². The molecule has 2 rings (SSSR count). The summed E-state index contributed by atoms with van der Waals surface area (Å²) >= 11 is 2.98. The van der Waals surface area contributed by atoms with Crippen LogP contribution >= 0.6 is 23.5 Å². The maximum atomic E-state index is 12.2. The molecule has 0 spiro atoms. The Bertz CT molecular complexity index is 801. The summed E-state index contributed by atoms with van der Waals surface area (Å²) in [6.07, 6.45) is 0.470. The first-order valence-electron chi connectivity index (χ1n) is 7.97. The van der Waals surface area contributed by atoms with Crippen LogP contribution in [0.2, 0.25) is 0 Å². The van der Waals surface area contributed by atoms with E-state index >= 15 is 0 Å². The van der Waals surface area contributed by atoms with Gasteiger partial charge in [-0.3, -0.25) is 9.59 Å². The zero-order valence-corrected chi connectivity index (χ0v) is 16.0. The zero-order chi connectivity index (χ0) is 18.8. The Balaban J connectivity index is 1.87. The summed E-state index contributed by atoms with van der Waals surface area (Å²) in [4.78, 5) is 25.1. The number of amides is 2. The SMILES string of the molecule is CC(=O)Nc1ccc(SCC(=O)Nc2ccccc2SCCC#N)cc1. The van der Waals surface area contributed by atoms with Gasteiger partial charge in [0.25, 0.3) is 0 Å². The van der Waals surface area contributed by atoms with Crippen molar-refractivity contribution in [2.75, 3.05) is 22.1 Å². The van der Waals surface area contributed by atoms with Crippen LogP contribution in [-0.4, -0.2) is 23.3 Å². The van der Waals surface area contributed by atoms with E-state index in [0.717, 1.165) is 21.2 Å². The molecular formula is C19H19N3O2S2. The molecule has 0 atom stereocenters. The number of anilines is 2. The lowest BCUT2D eigenvalue weighted by Gasteiger charge is -2.10. The third kappa shape index (κ3) is 6.82. The second kappa shape index (κ2) is 10.5. The van der Waals surface area contributed by atoms with E-state index in [0.29, 0.717) is 12.2 Å². The van der Waals surface area contributed by atoms with Crippen LogP contribution < -0.4 is 10.6 Å². The molecule has 2 aromatic carbocycles. The van der Waals surface area contributed by atoms with Crippen LogP contribution in [0.25, 0.3) is 0 Å². The molecule has 2 amide bonds. The molecule has 134 valence electrons. The molecule has 0 radical (unpaired) electrons. The number of nitrogens with one attached hydrogen (secondary N) is 2. The molecule has 0 bridgehead atoms. The van der Waals surface area contributed by atoms with Gasteiger partial charge in [0, 0.05) is 34.6 Å². The highest BCUT2D eigenvalue weighted by Crippen LogP contribution is 2.28. The minimum atomic E-state index is -0.115. The van der Waals surface area contributed by atoms with Gasteiger partial charge in [0.2, 0.25) is 11.8 Å². The Morgan fingerprint density at radius 2 is 1.77 bits per heavy atom. The van der Waals surface area contributed by atoms with Gasteiger partial charge in [0.1, 0.15) is 0 Å². The molecule has 26 heavy (non-hydrogen) atoms. The van der Waals surface area contributed by atoms with Crippen LogP contribution in [-0.2, 0) is 9.59 Å². The Hall–Kier alpha value is -2.43. The van der Waals surface area contributed by atoms with Crippen molar-refractivity contribution in [1.82, 2.24) is 0 Å². The van der Waals surface area contributed by atoms with Crippen LogP contribution in [0.1, 0.15) is 13.3 Å². The minimum Gasteiger partial charge on any atom is -0.326 e. The number of para-hydroxylation sites is 1. The van der Waals surface area contributed by atoms with Crippen molar-refractivity contribution in [2.24, 2.45) is 0 Å². The number of thioether (sulfide) groups is 2. The van der Waals surface area contributed by atoms with Gasteiger partial charge in [-0.05, 0) is 36.4 Å². The van der Waals surface area contributed by atoms with Gasteiger partial charge < -0.3 is 10.6 Å². The molecule has 0 saturated heterocycles. The predicted molar refractivity (Wildman–Crippen MR) is 107 cm³/mol. The van der Waals surface area contributed by atoms with Crippen molar-refractivity contribution >= 4 is 46.7 Å². The van der Waals surface area contributed by atoms with Crippen molar-refractivity contribution in [3.8, 4) is 6.07 Å². The quantitative estimate of drug-likeness (QED) is 0.520. The maximum absolute atomic E-state index is 12.2. The van der Waals surface area contributed by atoms with E-state index in [1.54, 1.807) is 11.8 Å². The number of nitriles is 1. The molecular weight excluding hydrogens is 366 g/mol. The van der Waals surface area contributed by atoms with E-state index in [1.165, 1.54) is 18.7 Å². The van der Waals surface area contributed by atoms with Crippen LogP contribution in [0.5, 0.6) is 0 Å². The normalized spacial score (nSPS) is 10.0. The zero-order valence-electron chi connectivity index (χ0n) is 14.3. The number of nitrogens with zero attached hydrogens (tertiary/aromatic N) is 1. The fraction of sp³-hybridized carbons (Fsp3) is 0.211. The van der Waals surface area contributed by atoms with Gasteiger partial charge in [0.05, 0.1) is 17.5 Å². The number of rotatable bonds is 8. The third-order valence-corrected chi connectivity index (χ3v) is 5.26. The summed E-state index contributed by atoms with van der Waals surface area (Å²) in [5.74, 6) is 0.778. The van der Waals surface area contributed by atoms with Crippen LogP contribution in [0, 0.1) is 11.3 Å². The molecule has 0 aliphatic rings. The van der Waals surface area contributed by atoms with E-state index < -0.39 is 0 Å². The van der Waals surface area contributed by atoms with Gasteiger partial charge in [-0.25, -0.2) is 0 Å². The molecule has 0 unspecified atom stereocenters. The lowest BCUT2D eigenvalue weighted by molar-refractivity contribution is -0.114. The van der Waals surface area contributed by atoms with Gasteiger partial charge in [-0.15, -0.1) is 23.5 Å². The van der Waals surface area contributed by atoms with E-state index in [1.807, 2.05) is 48.5 Å². The lowest BCUT2D eigenvalue weighted by Crippen LogP contribution is -2.14. The molecule has 0 heterocycles. The predicted octanol–water partition coefficient (Wildman–Crippen LogP) is 4.38. The molecule has 2 aromatic rings. The molecule has 0 aliphatic heterocycles. The summed E-state index contributed by atoms with van der Waals surface area (Å²) in [6.45, 7) is 1.46. The van der Waals surface area contributed by atoms with Crippen molar-refractivity contribution < 1.29 is 9.59 Å². The van der Waals surface area contributed by atoms with E-state index in [9.17, 15) is 9.59 Å². The smallest absolute Gasteiger partial charge is 0.234 e. The van der Waals surface area contributed by atoms with Gasteiger partial charge in [0.15, 0.2) is 0 Å². The van der Waals surface area contributed by atoms with Gasteiger partial charge in [-0.2, -0.15) is 5.26 Å². The molecule has 2 N–H and O–H groups in total. The second-order valence-corrected chi connectivity index (χ2v) is 7.48. The number of hydrogen-bond donors (Lipinski definition) is 2. The Morgan fingerprint density at radius 3 is 2.46 bits per heavy atom. The van der Waals surface area contributed by atoms with Gasteiger partial charge in [-0.1, -0.05) is 12.1 Å². The monoisotopic (exact) mass is 385 g/mol. The molecule has 0 fully saturated rings. The first kappa shape index (κ1) is 19.9. The molecule has 0 aliphatic carbocycles. The highest BCUT2D eigenvalue weighted by Gasteiger charge is 2.08. The number of carbonyl (C=O) groups excluding carboxylic acids is 2. The third-order valence-electron chi connectivity index (χ3n) is 3.18. The lowest BCUT2D eigenvalue weighted by atomic mass is 10.3. The first-order valence-corrected chi connectivity index (χ1v) is 9.94. The maximum Gasteiger partial charge on any atom is 0.234 e. The largest absolute Gasteiger partial charge is 0.326 e. The van der Waals surface area contributed by atoms with Crippen molar-refractivity contribution in [2.45, 2.75) is 23.1 Å². The first-order chi connectivity index (χ1) is 12.6. The standard InChI is InChI=1S/C19H19N3O2S2/c1-14(23)21-15-7-9-16(10-8-15)26-13-19(24)22-17-5-2-3-6-18(17)25-12-4-11-20/h2-3,5-10H,4,12-13H2,1H3,(H,21,23)(H,22,24). The highest BCUT2D eigenvalue weighted by molar-refractivity contribution is 8.00. The summed E-state index contributed by atoms with van der Waals surface area (Å²) in [5.41, 5.74) is 1.50. The van der Waals surface area contributed by atoms with E-state index in [-0.39, 0.29) is 17.6 Å². The molecule has 7 heteroatoms. The Morgan fingerprint density at radius 1 is 1.04 bits per heavy atom. The molecule has 5 nitrogen and oxygen atoms in total. The summed E-state index contributed by atoms with van der Waals surface area (Å²) < 4.78 is 0. The van der Waals surface area contributed by atoms with E-state index in [2.05, 4.69) is 16.7 Å². The number of hydrogen-bond acceptors (Lipinski definition) is 5. The average Bonchev–Trinajstić information content (AvgIpc) is 2.62.